The molecule has 2 atom stereocenters. The number of ether oxygens (including phenoxy) is 1. The summed E-state index contributed by atoms with van der Waals surface area (Å²) in [6, 6.07) is 14.4. The number of amides is 2. The minimum Gasteiger partial charge on any atom is -0.480 e. The second-order valence-electron chi connectivity index (χ2n) is 8.79. The Morgan fingerprint density at radius 1 is 0.971 bits per heavy atom. The van der Waals surface area contributed by atoms with E-state index in [0.717, 1.165) is 28.5 Å². The van der Waals surface area contributed by atoms with Gasteiger partial charge in [-0.2, -0.15) is 0 Å². The van der Waals surface area contributed by atoms with Gasteiger partial charge in [0, 0.05) is 24.6 Å². The smallest absolute Gasteiger partial charge is 0.407 e. The summed E-state index contributed by atoms with van der Waals surface area (Å²) in [5.41, 5.74) is 4.48. The Hall–Kier alpha value is -3.40. The summed E-state index contributed by atoms with van der Waals surface area (Å²) in [6.45, 7) is 1.89. The molecule has 2 aromatic rings. The zero-order chi connectivity index (χ0) is 25.6. The maximum Gasteiger partial charge on any atom is 0.407 e. The Morgan fingerprint density at radius 3 is 2.09 bits per heavy atom. The number of sulfone groups is 1. The fourth-order valence-corrected chi connectivity index (χ4v) is 4.78. The lowest BCUT2D eigenvalue weighted by molar-refractivity contribution is -0.141. The van der Waals surface area contributed by atoms with Crippen molar-refractivity contribution in [3.8, 4) is 11.1 Å². The molecule has 188 valence electrons. The lowest BCUT2D eigenvalue weighted by Gasteiger charge is -2.18. The lowest BCUT2D eigenvalue weighted by atomic mass is 9.98. The number of carbonyl (C=O) groups is 3. The van der Waals surface area contributed by atoms with Crippen LogP contribution in [0.1, 0.15) is 43.2 Å². The maximum absolute atomic E-state index is 12.4. The first-order valence-electron chi connectivity index (χ1n) is 11.4. The minimum atomic E-state index is -3.35. The molecule has 2 unspecified atom stereocenters. The number of carbonyl (C=O) groups excluding carboxylic acids is 2. The number of hydrogen-bond acceptors (Lipinski definition) is 6. The van der Waals surface area contributed by atoms with E-state index in [-0.39, 0.29) is 37.5 Å². The fraction of sp³-hybridized carbons (Fsp3) is 0.400. The second kappa shape index (κ2) is 11.4. The Morgan fingerprint density at radius 2 is 1.54 bits per heavy atom. The molecule has 0 radical (unpaired) electrons. The molecule has 1 aliphatic carbocycles. The summed E-state index contributed by atoms with van der Waals surface area (Å²) in [7, 11) is -3.35. The van der Waals surface area contributed by atoms with E-state index in [4.69, 9.17) is 4.74 Å². The van der Waals surface area contributed by atoms with Crippen LogP contribution >= 0.6 is 0 Å². The first-order valence-corrected chi connectivity index (χ1v) is 13.4. The number of aliphatic carboxylic acids is 1. The maximum atomic E-state index is 12.4. The third-order valence-electron chi connectivity index (χ3n) is 5.92. The van der Waals surface area contributed by atoms with Gasteiger partial charge in [-0.25, -0.2) is 18.0 Å². The number of rotatable bonds is 11. The van der Waals surface area contributed by atoms with Crippen molar-refractivity contribution < 1.29 is 32.6 Å². The molecule has 3 rings (SSSR count). The molecule has 0 aromatic heterocycles. The number of fused-ring (bicyclic) bond motifs is 3. The molecule has 10 heteroatoms. The van der Waals surface area contributed by atoms with Crippen molar-refractivity contribution in [2.75, 3.05) is 18.6 Å². The van der Waals surface area contributed by atoms with Crippen LogP contribution in [-0.4, -0.2) is 62.2 Å². The van der Waals surface area contributed by atoms with Gasteiger partial charge in [0.15, 0.2) is 0 Å². The van der Waals surface area contributed by atoms with E-state index in [2.05, 4.69) is 22.8 Å². The number of alkyl carbamates (subject to hydrolysis) is 1. The van der Waals surface area contributed by atoms with Gasteiger partial charge in [0.05, 0.1) is 5.75 Å². The minimum absolute atomic E-state index is 0.0342. The number of nitrogens with one attached hydrogen (secondary N) is 2. The summed E-state index contributed by atoms with van der Waals surface area (Å²) in [6.07, 6.45) is 0.413. The van der Waals surface area contributed by atoms with Gasteiger partial charge in [-0.05, 0) is 42.0 Å². The molecule has 1 aliphatic rings. The van der Waals surface area contributed by atoms with Gasteiger partial charge in [0.1, 0.15) is 22.5 Å². The van der Waals surface area contributed by atoms with Crippen LogP contribution in [0.2, 0.25) is 0 Å². The number of hydrogen-bond donors (Lipinski definition) is 3. The molecule has 2 amide bonds. The van der Waals surface area contributed by atoms with E-state index in [1.165, 1.54) is 0 Å². The highest BCUT2D eigenvalue weighted by atomic mass is 32.2. The SMILES string of the molecule is CC(CCC(=O)NC(CCS(C)(=O)=O)C(=O)O)NC(=O)OCC1c2ccccc2-c2ccccc21. The molecule has 0 spiro atoms. The Kier molecular flexibility index (Phi) is 8.50. The molecule has 9 nitrogen and oxygen atoms in total. The van der Waals surface area contributed by atoms with Crippen molar-refractivity contribution in [2.24, 2.45) is 0 Å². The zero-order valence-corrected chi connectivity index (χ0v) is 20.5. The average molecular weight is 503 g/mol. The molecule has 0 saturated carbocycles. The first-order chi connectivity index (χ1) is 16.5. The molecule has 0 saturated heterocycles. The molecule has 35 heavy (non-hydrogen) atoms. The molecule has 3 N–H and O–H groups in total. The third-order valence-corrected chi connectivity index (χ3v) is 6.90. The second-order valence-corrected chi connectivity index (χ2v) is 11.0. The highest BCUT2D eigenvalue weighted by Gasteiger charge is 2.29. The molecule has 0 bridgehead atoms. The van der Waals surface area contributed by atoms with Gasteiger partial charge in [-0.15, -0.1) is 0 Å². The largest absolute Gasteiger partial charge is 0.480 e. The van der Waals surface area contributed by atoms with Crippen LogP contribution in [0.5, 0.6) is 0 Å². The van der Waals surface area contributed by atoms with Crippen molar-refractivity contribution >= 4 is 27.8 Å². The first kappa shape index (κ1) is 26.2. The molecular weight excluding hydrogens is 472 g/mol. The molecule has 2 aromatic carbocycles. The monoisotopic (exact) mass is 502 g/mol. The van der Waals surface area contributed by atoms with E-state index >= 15 is 0 Å². The topological polar surface area (TPSA) is 139 Å². The number of benzene rings is 2. The standard InChI is InChI=1S/C25H30N2O7S/c1-16(11-12-23(28)27-22(24(29)30)13-14-35(2,32)33)26-25(31)34-15-21-19-9-5-3-7-17(19)18-8-4-6-10-20(18)21/h3-10,16,21-22H,11-15H2,1-2H3,(H,26,31)(H,27,28)(H,29,30). The van der Waals surface area contributed by atoms with Gasteiger partial charge in [0.25, 0.3) is 0 Å². The third kappa shape index (κ3) is 7.29. The van der Waals surface area contributed by atoms with Crippen LogP contribution in [0.4, 0.5) is 4.79 Å². The Bertz CT molecular complexity index is 1150. The normalized spacial score (nSPS) is 14.3. The van der Waals surface area contributed by atoms with Crippen LogP contribution in [0, 0.1) is 0 Å². The van der Waals surface area contributed by atoms with Crippen molar-refractivity contribution in [2.45, 2.75) is 44.2 Å². The Labute approximate surface area is 204 Å². The highest BCUT2D eigenvalue weighted by molar-refractivity contribution is 7.90. The quantitative estimate of drug-likeness (QED) is 0.429. The fourth-order valence-electron chi connectivity index (χ4n) is 4.12. The van der Waals surface area contributed by atoms with E-state index in [1.807, 2.05) is 36.4 Å². The predicted octanol–water partition coefficient (Wildman–Crippen LogP) is 2.70. The van der Waals surface area contributed by atoms with Crippen LogP contribution in [0.15, 0.2) is 48.5 Å². The van der Waals surface area contributed by atoms with Crippen LogP contribution in [0.3, 0.4) is 0 Å². The summed E-state index contributed by atoms with van der Waals surface area (Å²) >= 11 is 0. The Balaban J connectivity index is 1.45. The summed E-state index contributed by atoms with van der Waals surface area (Å²) in [5.74, 6) is -2.24. The molecule has 0 aliphatic heterocycles. The van der Waals surface area contributed by atoms with E-state index in [0.29, 0.717) is 0 Å². The van der Waals surface area contributed by atoms with Gasteiger partial charge in [-0.1, -0.05) is 48.5 Å². The van der Waals surface area contributed by atoms with E-state index in [9.17, 15) is 27.9 Å². The van der Waals surface area contributed by atoms with E-state index < -0.39 is 39.9 Å². The lowest BCUT2D eigenvalue weighted by Crippen LogP contribution is -2.42. The summed E-state index contributed by atoms with van der Waals surface area (Å²) in [4.78, 5) is 35.8. The van der Waals surface area contributed by atoms with Crippen LogP contribution in [-0.2, 0) is 24.2 Å². The van der Waals surface area contributed by atoms with Gasteiger partial charge in [0.2, 0.25) is 5.91 Å². The number of carboxylic acid groups (broad SMARTS) is 1. The van der Waals surface area contributed by atoms with Crippen molar-refractivity contribution in [1.29, 1.82) is 0 Å². The van der Waals surface area contributed by atoms with Crippen LogP contribution in [0.25, 0.3) is 11.1 Å². The highest BCUT2D eigenvalue weighted by Crippen LogP contribution is 2.44. The van der Waals surface area contributed by atoms with Crippen molar-refractivity contribution in [1.82, 2.24) is 10.6 Å². The van der Waals surface area contributed by atoms with Crippen LogP contribution < -0.4 is 10.6 Å². The zero-order valence-electron chi connectivity index (χ0n) is 19.7. The van der Waals surface area contributed by atoms with Gasteiger partial charge >= 0.3 is 12.1 Å². The molecule has 0 heterocycles. The van der Waals surface area contributed by atoms with Crippen molar-refractivity contribution in [3.63, 3.8) is 0 Å². The predicted molar refractivity (Wildman–Crippen MR) is 131 cm³/mol. The van der Waals surface area contributed by atoms with Gasteiger partial charge in [-0.3, -0.25) is 4.79 Å². The van der Waals surface area contributed by atoms with E-state index in [1.54, 1.807) is 6.92 Å². The summed E-state index contributed by atoms with van der Waals surface area (Å²) in [5, 5.41) is 14.2. The van der Waals surface area contributed by atoms with Gasteiger partial charge < -0.3 is 20.5 Å². The molecule has 0 fully saturated rings. The average Bonchev–Trinajstić information content (AvgIpc) is 3.12. The number of carboxylic acids is 1. The summed E-state index contributed by atoms with van der Waals surface area (Å²) < 4.78 is 28.0. The molecular formula is C25H30N2O7S. The van der Waals surface area contributed by atoms with Crippen molar-refractivity contribution in [3.05, 3.63) is 59.7 Å².